The van der Waals surface area contributed by atoms with Crippen LogP contribution < -0.4 is 23.8 Å². The number of amides is 1. The summed E-state index contributed by atoms with van der Waals surface area (Å²) in [5.41, 5.74) is 2.30. The largest absolute Gasteiger partial charge is 0.491 e. The summed E-state index contributed by atoms with van der Waals surface area (Å²) in [5, 5.41) is 23.2. The van der Waals surface area contributed by atoms with Gasteiger partial charge in [-0.3, -0.25) is 19.8 Å². The number of benzene rings is 3. The number of alkyl halides is 2. The molecular weight excluding hydrogens is 971 g/mol. The first-order chi connectivity index (χ1) is 34.4. The number of morpholine rings is 1. The summed E-state index contributed by atoms with van der Waals surface area (Å²) in [4.78, 5) is 37.5. The van der Waals surface area contributed by atoms with Crippen molar-refractivity contribution >= 4 is 50.1 Å². The van der Waals surface area contributed by atoms with Gasteiger partial charge in [-0.05, 0) is 117 Å². The second-order valence-electron chi connectivity index (χ2n) is 20.7. The molecule has 1 spiro atoms. The van der Waals surface area contributed by atoms with Crippen LogP contribution >= 0.6 is 11.8 Å². The molecule has 5 aliphatic rings. The summed E-state index contributed by atoms with van der Waals surface area (Å²) in [6.45, 7) is 6.81. The van der Waals surface area contributed by atoms with Gasteiger partial charge in [0.2, 0.25) is 0 Å². The zero-order valence-corrected chi connectivity index (χ0v) is 42.1. The number of aromatic nitrogens is 2. The Morgan fingerprint density at radius 3 is 2.53 bits per heavy atom. The third-order valence-electron chi connectivity index (χ3n) is 15.5. The number of hydrogen-bond acceptors (Lipinski definition) is 14. The molecule has 0 radical (unpaired) electrons. The van der Waals surface area contributed by atoms with Gasteiger partial charge in [0.15, 0.2) is 5.75 Å². The van der Waals surface area contributed by atoms with Gasteiger partial charge < -0.3 is 33.9 Å². The number of halogens is 2. The van der Waals surface area contributed by atoms with Crippen LogP contribution in [0.15, 0.2) is 82.7 Å². The molecule has 3 aliphatic heterocycles. The number of H-pyrrole nitrogens is 1. The Morgan fingerprint density at radius 1 is 1.03 bits per heavy atom. The number of thioether (sulfide) groups is 1. The first kappa shape index (κ1) is 50.0. The van der Waals surface area contributed by atoms with Gasteiger partial charge in [-0.15, -0.1) is 11.8 Å². The van der Waals surface area contributed by atoms with Gasteiger partial charge in [0.05, 0.1) is 40.2 Å². The maximum absolute atomic E-state index is 14.3. The molecule has 2 saturated heterocycles. The van der Waals surface area contributed by atoms with Crippen molar-refractivity contribution < 1.29 is 51.0 Å². The molecule has 384 valence electrons. The number of piperidine rings is 1. The lowest BCUT2D eigenvalue weighted by Gasteiger charge is -2.57. The molecule has 5 aromatic rings. The number of pyridine rings is 1. The number of carbonyl (C=O) groups is 1. The number of sulfonamides is 1. The monoisotopic (exact) mass is 1030 g/mol. The molecule has 0 unspecified atom stereocenters. The fraction of sp³-hybridized carbons (Fsp3) is 0.500. The highest BCUT2D eigenvalue weighted by atomic mass is 32.2. The first-order valence-corrected chi connectivity index (χ1v) is 27.1. The van der Waals surface area contributed by atoms with Crippen LogP contribution in [-0.2, 0) is 14.8 Å². The van der Waals surface area contributed by atoms with Gasteiger partial charge in [0.25, 0.3) is 27.5 Å². The van der Waals surface area contributed by atoms with E-state index in [1.165, 1.54) is 41.1 Å². The maximum atomic E-state index is 14.3. The highest BCUT2D eigenvalue weighted by molar-refractivity contribution is 8.00. The average Bonchev–Trinajstić information content (AvgIpc) is 3.80. The van der Waals surface area contributed by atoms with Crippen molar-refractivity contribution in [3.8, 4) is 23.1 Å². The second-order valence-corrected chi connectivity index (χ2v) is 23.7. The molecule has 2 atom stereocenters. The Hall–Kier alpha value is -5.54. The lowest BCUT2D eigenvalue weighted by atomic mass is 9.59. The molecule has 2 aromatic heterocycles. The van der Waals surface area contributed by atoms with Crippen molar-refractivity contribution in [3.05, 3.63) is 99.7 Å². The van der Waals surface area contributed by atoms with Crippen LogP contribution in [0.2, 0.25) is 0 Å². The number of aromatic amines is 1. The number of carbonyl (C=O) groups excluding carboxylic acids is 1. The molecule has 3 N–H and O–H groups in total. The Morgan fingerprint density at radius 2 is 1.79 bits per heavy atom. The highest BCUT2D eigenvalue weighted by Gasteiger charge is 2.50. The second kappa shape index (κ2) is 20.1. The van der Waals surface area contributed by atoms with Crippen molar-refractivity contribution in [3.63, 3.8) is 0 Å². The normalized spacial score (nSPS) is 23.7. The summed E-state index contributed by atoms with van der Waals surface area (Å²) < 4.78 is 80.8. The SMILES string of the molecule is CC(C)c1ccccc1[C@H]1COCCN1C1CC2(CCN(c3ccc(C(=O)NS(=O)(=O)c4cc5c(c([N+](=O)[O-])c4)S[C@@H](CC4CCC(C)(O)CC4)CO5)c(Oc4cc5cc[nH]c5nc4OC(F)F)c3)CC2)C1. The molecule has 4 fully saturated rings. The van der Waals surface area contributed by atoms with Gasteiger partial charge in [0.1, 0.15) is 28.6 Å². The summed E-state index contributed by atoms with van der Waals surface area (Å²) in [6.07, 6.45) is 9.21. The fourth-order valence-electron chi connectivity index (χ4n) is 11.5. The molecule has 5 heterocycles. The molecule has 1 amide bonds. The Balaban J connectivity index is 0.880. The van der Waals surface area contributed by atoms with E-state index in [9.17, 15) is 37.2 Å². The zero-order valence-electron chi connectivity index (χ0n) is 40.5. The standard InChI is InChI=1S/C52H60F2N6O10S2/c1-31(2)38-6-4-5-7-39(38)42-30-67-21-20-59(42)35-27-52(28-35)15-18-58(19-16-52)34-8-9-40(43(24-34)69-45-23-33-12-17-55-47(33)56-49(45)70-50(53)54)48(61)57-72(65,66)37-25-41(60(63)64)46-44(26-37)68-29-36(71-46)22-32-10-13-51(3,62)14-11-32/h4-9,12,17,23-26,31-32,35-36,42,50,62H,10-11,13-16,18-22,27-30H2,1-3H3,(H,55,56)(H,57,61)/t32?,36-,42+,51?/m0/s1. The molecule has 3 aromatic carbocycles. The van der Waals surface area contributed by atoms with Crippen molar-refractivity contribution in [1.82, 2.24) is 19.6 Å². The van der Waals surface area contributed by atoms with E-state index in [-0.39, 0.29) is 56.7 Å². The summed E-state index contributed by atoms with van der Waals surface area (Å²) in [6, 6.07) is 19.1. The van der Waals surface area contributed by atoms with Gasteiger partial charge in [0, 0.05) is 66.4 Å². The van der Waals surface area contributed by atoms with Gasteiger partial charge >= 0.3 is 6.61 Å². The van der Waals surface area contributed by atoms with Crippen molar-refractivity contribution in [2.75, 3.05) is 44.4 Å². The molecule has 10 rings (SSSR count). The fourth-order valence-corrected chi connectivity index (χ4v) is 13.8. The van der Waals surface area contributed by atoms with Gasteiger partial charge in [-0.1, -0.05) is 38.1 Å². The van der Waals surface area contributed by atoms with Gasteiger partial charge in [-0.2, -0.15) is 13.8 Å². The van der Waals surface area contributed by atoms with Gasteiger partial charge in [-0.25, -0.2) is 13.1 Å². The third-order valence-corrected chi connectivity index (χ3v) is 18.1. The number of aliphatic hydroxyl groups is 1. The van der Waals surface area contributed by atoms with E-state index in [1.54, 1.807) is 24.4 Å². The minimum absolute atomic E-state index is 0.0101. The number of nitrogens with zero attached hydrogens (tertiary/aromatic N) is 4. The van der Waals surface area contributed by atoms with Crippen LogP contribution in [0.25, 0.3) is 11.0 Å². The van der Waals surface area contributed by atoms with Crippen LogP contribution in [0.3, 0.4) is 0 Å². The summed E-state index contributed by atoms with van der Waals surface area (Å²) in [5.74, 6) is -1.40. The third kappa shape index (κ3) is 10.5. The topological polar surface area (TPSA) is 199 Å². The quantitative estimate of drug-likeness (QED) is 0.0701. The minimum atomic E-state index is -4.79. The predicted octanol–water partition coefficient (Wildman–Crippen LogP) is 10.1. The van der Waals surface area contributed by atoms with Crippen LogP contribution in [0.1, 0.15) is 112 Å². The Kier molecular flexibility index (Phi) is 13.9. The van der Waals surface area contributed by atoms with Crippen molar-refractivity contribution in [1.29, 1.82) is 0 Å². The number of nitro benzene ring substituents is 1. The van der Waals surface area contributed by atoms with E-state index >= 15 is 0 Å². The number of anilines is 1. The van der Waals surface area contributed by atoms with Crippen molar-refractivity contribution in [2.24, 2.45) is 11.3 Å². The molecular formula is C52H60F2N6O10S2. The van der Waals surface area contributed by atoms with Crippen LogP contribution in [0.4, 0.5) is 20.2 Å². The molecule has 72 heavy (non-hydrogen) atoms. The Bertz CT molecular complexity index is 2950. The van der Waals surface area contributed by atoms with Crippen LogP contribution in [-0.4, -0.2) is 102 Å². The minimum Gasteiger partial charge on any atom is -0.491 e. The molecule has 20 heteroatoms. The van der Waals surface area contributed by atoms with E-state index in [2.05, 4.69) is 62.6 Å². The lowest BCUT2D eigenvalue weighted by molar-refractivity contribution is -0.388. The average molecular weight is 1030 g/mol. The van der Waals surface area contributed by atoms with Crippen molar-refractivity contribution in [2.45, 2.75) is 124 Å². The van der Waals surface area contributed by atoms with Crippen LogP contribution in [0, 0.1) is 21.4 Å². The van der Waals surface area contributed by atoms with E-state index in [4.69, 9.17) is 18.9 Å². The smallest absolute Gasteiger partial charge is 0.388 e. The highest BCUT2D eigenvalue weighted by Crippen LogP contribution is 2.54. The number of ether oxygens (including phenoxy) is 4. The number of fused-ring (bicyclic) bond motifs is 2. The van der Waals surface area contributed by atoms with E-state index < -0.39 is 49.5 Å². The van der Waals surface area contributed by atoms with E-state index in [1.807, 2.05) is 6.92 Å². The zero-order chi connectivity index (χ0) is 50.5. The number of nitro groups is 1. The first-order valence-electron chi connectivity index (χ1n) is 24.8. The van der Waals surface area contributed by atoms with Crippen LogP contribution in [0.5, 0.6) is 23.1 Å². The Labute approximate surface area is 421 Å². The molecule has 2 saturated carbocycles. The number of rotatable bonds is 14. The number of nitrogens with one attached hydrogen (secondary N) is 2. The lowest BCUT2D eigenvalue weighted by Crippen LogP contribution is -2.58. The van der Waals surface area contributed by atoms with E-state index in [0.717, 1.165) is 51.1 Å². The number of hydrogen-bond donors (Lipinski definition) is 3. The maximum Gasteiger partial charge on any atom is 0.388 e. The summed E-state index contributed by atoms with van der Waals surface area (Å²) >= 11 is 1.27. The molecule has 0 bridgehead atoms. The molecule has 2 aliphatic carbocycles. The molecule has 16 nitrogen and oxygen atoms in total. The predicted molar refractivity (Wildman–Crippen MR) is 267 cm³/mol. The van der Waals surface area contributed by atoms with E-state index in [0.29, 0.717) is 74.5 Å². The summed E-state index contributed by atoms with van der Waals surface area (Å²) in [7, 11) is -4.79.